The zero-order valence-electron chi connectivity index (χ0n) is 14.4. The Kier molecular flexibility index (Phi) is 5.90. The monoisotopic (exact) mass is 431 g/mol. The zero-order chi connectivity index (χ0) is 18.5. The maximum absolute atomic E-state index is 12.5. The lowest BCUT2D eigenvalue weighted by molar-refractivity contribution is 0.0954. The second-order valence-corrected chi connectivity index (χ2v) is 7.39. The third-order valence-corrected chi connectivity index (χ3v) is 5.48. The van der Waals surface area contributed by atoms with Gasteiger partial charge in [0.2, 0.25) is 0 Å². The number of aromatic nitrogens is 1. The Morgan fingerprint density at radius 3 is 2.81 bits per heavy atom. The molecule has 3 rings (SSSR count). The van der Waals surface area contributed by atoms with E-state index in [4.69, 9.17) is 4.74 Å². The van der Waals surface area contributed by atoms with E-state index in [0.29, 0.717) is 26.9 Å². The number of methoxy groups -OCH3 is 1. The van der Waals surface area contributed by atoms with Crippen LogP contribution in [0.25, 0.3) is 0 Å². The van der Waals surface area contributed by atoms with Gasteiger partial charge in [0, 0.05) is 6.54 Å². The number of nitrogens with zero attached hydrogens (tertiary/aromatic N) is 1. The minimum atomic E-state index is -0.163. The number of nitrogens with one attached hydrogen (secondary N) is 2. The molecule has 1 heterocycles. The lowest BCUT2D eigenvalue weighted by Gasteiger charge is -2.07. The van der Waals surface area contributed by atoms with E-state index in [1.165, 1.54) is 16.9 Å². The minimum Gasteiger partial charge on any atom is -0.495 e. The number of anilines is 2. The van der Waals surface area contributed by atoms with Gasteiger partial charge in [-0.1, -0.05) is 53.3 Å². The largest absolute Gasteiger partial charge is 0.495 e. The number of halogens is 1. The maximum atomic E-state index is 12.5. The first-order chi connectivity index (χ1) is 12.6. The van der Waals surface area contributed by atoms with Gasteiger partial charge in [0.05, 0.1) is 12.8 Å². The molecule has 0 unspecified atom stereocenters. The summed E-state index contributed by atoms with van der Waals surface area (Å²) in [7, 11) is 1.61. The van der Waals surface area contributed by atoms with Crippen molar-refractivity contribution in [2.45, 2.75) is 13.5 Å². The number of benzene rings is 2. The maximum Gasteiger partial charge on any atom is 0.264 e. The number of para-hydroxylation sites is 2. The van der Waals surface area contributed by atoms with Crippen LogP contribution in [0.4, 0.5) is 10.8 Å². The number of aryl methyl sites for hydroxylation is 1. The van der Waals surface area contributed by atoms with Crippen molar-refractivity contribution in [2.75, 3.05) is 12.4 Å². The molecule has 26 heavy (non-hydrogen) atoms. The van der Waals surface area contributed by atoms with E-state index in [1.54, 1.807) is 7.11 Å². The molecule has 1 amide bonds. The number of thiazole rings is 1. The Morgan fingerprint density at radius 1 is 1.23 bits per heavy atom. The van der Waals surface area contributed by atoms with Crippen molar-refractivity contribution in [3.8, 4) is 5.75 Å². The predicted octanol–water partition coefficient (Wildman–Crippen LogP) is 4.90. The number of ether oxygens (including phenoxy) is 1. The Hall–Kier alpha value is -2.38. The molecule has 0 aliphatic carbocycles. The number of rotatable bonds is 6. The summed E-state index contributed by atoms with van der Waals surface area (Å²) in [6.07, 6.45) is 0. The molecule has 134 valence electrons. The molecular weight excluding hydrogens is 414 g/mol. The molecule has 3 aromatic rings. The first kappa shape index (κ1) is 18.4. The standard InChI is InChI=1S/C19H18BrN3O2S/c1-12-6-5-7-13(10-12)11-21-18(24)16-17(20)23-19(26-16)22-14-8-3-4-9-15(14)25-2/h3-10H,11H2,1-2H3,(H,21,24)(H,22,23). The van der Waals surface area contributed by atoms with Crippen LogP contribution in [0.1, 0.15) is 20.8 Å². The highest BCUT2D eigenvalue weighted by Gasteiger charge is 2.17. The van der Waals surface area contributed by atoms with Crippen LogP contribution in [0.15, 0.2) is 53.1 Å². The van der Waals surface area contributed by atoms with E-state index in [1.807, 2.05) is 49.4 Å². The minimum absolute atomic E-state index is 0.163. The van der Waals surface area contributed by atoms with Gasteiger partial charge in [-0.05, 0) is 40.5 Å². The molecule has 0 aliphatic heterocycles. The summed E-state index contributed by atoms with van der Waals surface area (Å²) in [6.45, 7) is 2.50. The van der Waals surface area contributed by atoms with E-state index in [-0.39, 0.29) is 5.91 Å². The van der Waals surface area contributed by atoms with Gasteiger partial charge in [0.15, 0.2) is 5.13 Å². The number of hydrogen-bond acceptors (Lipinski definition) is 5. The van der Waals surface area contributed by atoms with Crippen molar-refractivity contribution in [2.24, 2.45) is 0 Å². The molecule has 7 heteroatoms. The van der Waals surface area contributed by atoms with Gasteiger partial charge < -0.3 is 15.4 Å². The molecule has 0 atom stereocenters. The molecule has 0 saturated heterocycles. The Balaban J connectivity index is 1.70. The van der Waals surface area contributed by atoms with Gasteiger partial charge in [0.1, 0.15) is 15.2 Å². The molecule has 0 fully saturated rings. The first-order valence-corrected chi connectivity index (χ1v) is 9.58. The molecule has 2 aromatic carbocycles. The van der Waals surface area contributed by atoms with Crippen molar-refractivity contribution in [1.29, 1.82) is 0 Å². The van der Waals surface area contributed by atoms with Crippen LogP contribution in [0, 0.1) is 6.92 Å². The average Bonchev–Trinajstić information content (AvgIpc) is 3.00. The van der Waals surface area contributed by atoms with Crippen molar-refractivity contribution in [1.82, 2.24) is 10.3 Å². The smallest absolute Gasteiger partial charge is 0.264 e. The van der Waals surface area contributed by atoms with Crippen LogP contribution >= 0.6 is 27.3 Å². The summed E-state index contributed by atoms with van der Waals surface area (Å²) >= 11 is 4.66. The number of carbonyl (C=O) groups is 1. The van der Waals surface area contributed by atoms with Crippen LogP contribution in [0.5, 0.6) is 5.75 Å². The third kappa shape index (κ3) is 4.42. The predicted molar refractivity (Wildman–Crippen MR) is 108 cm³/mol. The molecule has 1 aromatic heterocycles. The van der Waals surface area contributed by atoms with Crippen molar-refractivity contribution in [3.63, 3.8) is 0 Å². The fraction of sp³-hybridized carbons (Fsp3) is 0.158. The van der Waals surface area contributed by atoms with Gasteiger partial charge in [-0.3, -0.25) is 4.79 Å². The highest BCUT2D eigenvalue weighted by Crippen LogP contribution is 2.32. The summed E-state index contributed by atoms with van der Waals surface area (Å²) in [4.78, 5) is 17.4. The molecular formula is C19H18BrN3O2S. The average molecular weight is 432 g/mol. The van der Waals surface area contributed by atoms with E-state index in [0.717, 1.165) is 11.3 Å². The van der Waals surface area contributed by atoms with Crippen molar-refractivity contribution in [3.05, 3.63) is 69.1 Å². The fourth-order valence-corrected chi connectivity index (χ4v) is 3.95. The van der Waals surface area contributed by atoms with Crippen molar-refractivity contribution >= 4 is 44.0 Å². The lowest BCUT2D eigenvalue weighted by Crippen LogP contribution is -2.22. The van der Waals surface area contributed by atoms with Gasteiger partial charge in [-0.2, -0.15) is 0 Å². The summed E-state index contributed by atoms with van der Waals surface area (Å²) in [6, 6.07) is 15.6. The topological polar surface area (TPSA) is 63.2 Å². The quantitative estimate of drug-likeness (QED) is 0.582. The van der Waals surface area contributed by atoms with Crippen LogP contribution in [0.2, 0.25) is 0 Å². The fourth-order valence-electron chi connectivity index (χ4n) is 2.44. The second kappa shape index (κ2) is 8.33. The Labute approximate surface area is 164 Å². The molecule has 0 bridgehead atoms. The number of hydrogen-bond donors (Lipinski definition) is 2. The second-order valence-electron chi connectivity index (χ2n) is 5.64. The van der Waals surface area contributed by atoms with Gasteiger partial charge >= 0.3 is 0 Å². The molecule has 0 spiro atoms. The highest BCUT2D eigenvalue weighted by molar-refractivity contribution is 9.10. The molecule has 0 radical (unpaired) electrons. The van der Waals surface area contributed by atoms with E-state index in [2.05, 4.69) is 37.6 Å². The summed E-state index contributed by atoms with van der Waals surface area (Å²) in [5.41, 5.74) is 3.02. The SMILES string of the molecule is COc1ccccc1Nc1nc(Br)c(C(=O)NCc2cccc(C)c2)s1. The molecule has 2 N–H and O–H groups in total. The lowest BCUT2D eigenvalue weighted by atomic mass is 10.1. The molecule has 0 saturated carbocycles. The van der Waals surface area contributed by atoms with Gasteiger partial charge in [0.25, 0.3) is 5.91 Å². The first-order valence-electron chi connectivity index (χ1n) is 7.97. The third-order valence-electron chi connectivity index (χ3n) is 3.68. The summed E-state index contributed by atoms with van der Waals surface area (Å²) in [5, 5.41) is 6.74. The number of amides is 1. The van der Waals surface area contributed by atoms with E-state index < -0.39 is 0 Å². The summed E-state index contributed by atoms with van der Waals surface area (Å²) in [5.74, 6) is 0.549. The number of carbonyl (C=O) groups excluding carboxylic acids is 1. The Bertz CT molecular complexity index is 927. The Morgan fingerprint density at radius 2 is 2.04 bits per heavy atom. The van der Waals surface area contributed by atoms with Crippen molar-refractivity contribution < 1.29 is 9.53 Å². The summed E-state index contributed by atoms with van der Waals surface area (Å²) < 4.78 is 5.84. The van der Waals surface area contributed by atoms with Crippen LogP contribution in [0.3, 0.4) is 0 Å². The van der Waals surface area contributed by atoms with Gasteiger partial charge in [-0.25, -0.2) is 4.98 Å². The highest BCUT2D eigenvalue weighted by atomic mass is 79.9. The normalized spacial score (nSPS) is 10.4. The van der Waals surface area contributed by atoms with E-state index in [9.17, 15) is 4.79 Å². The molecule has 5 nitrogen and oxygen atoms in total. The van der Waals surface area contributed by atoms with Gasteiger partial charge in [-0.15, -0.1) is 0 Å². The van der Waals surface area contributed by atoms with Crippen LogP contribution < -0.4 is 15.4 Å². The zero-order valence-corrected chi connectivity index (χ0v) is 16.8. The van der Waals surface area contributed by atoms with Crippen LogP contribution in [-0.2, 0) is 6.54 Å². The van der Waals surface area contributed by atoms with Crippen LogP contribution in [-0.4, -0.2) is 18.0 Å². The molecule has 0 aliphatic rings. The van der Waals surface area contributed by atoms with E-state index >= 15 is 0 Å².